The molecular formula is C19H19ClFN3O. The lowest BCUT2D eigenvalue weighted by Gasteiger charge is -2.29. The predicted molar refractivity (Wildman–Crippen MR) is 98.1 cm³/mol. The van der Waals surface area contributed by atoms with Gasteiger partial charge in [0, 0.05) is 29.4 Å². The first-order chi connectivity index (χ1) is 12.0. The summed E-state index contributed by atoms with van der Waals surface area (Å²) in [7, 11) is 0. The number of hydrogen-bond donors (Lipinski definition) is 2. The van der Waals surface area contributed by atoms with Crippen molar-refractivity contribution in [2.75, 3.05) is 18.4 Å². The molecule has 0 spiro atoms. The zero-order chi connectivity index (χ0) is 17.8. The Morgan fingerprint density at radius 3 is 2.40 bits per heavy atom. The number of benzene rings is 2. The van der Waals surface area contributed by atoms with E-state index in [1.165, 1.54) is 18.6 Å². The number of hydrogen-bond acceptors (Lipinski definition) is 2. The second kappa shape index (κ2) is 7.66. The van der Waals surface area contributed by atoms with Gasteiger partial charge in [0.05, 0.1) is 5.56 Å². The zero-order valence-electron chi connectivity index (χ0n) is 13.7. The Hall–Kier alpha value is -2.40. The Bertz CT molecular complexity index is 786. The molecule has 130 valence electrons. The molecule has 1 saturated heterocycles. The number of amidine groups is 1. The highest BCUT2D eigenvalue weighted by atomic mass is 35.5. The van der Waals surface area contributed by atoms with Gasteiger partial charge in [-0.2, -0.15) is 0 Å². The fourth-order valence-corrected chi connectivity index (χ4v) is 3.00. The van der Waals surface area contributed by atoms with Gasteiger partial charge in [-0.1, -0.05) is 17.7 Å². The number of carbonyl (C=O) groups is 1. The molecule has 0 bridgehead atoms. The zero-order valence-corrected chi connectivity index (χ0v) is 14.4. The van der Waals surface area contributed by atoms with Crippen molar-refractivity contribution in [3.63, 3.8) is 0 Å². The molecule has 2 aromatic rings. The first-order valence-corrected chi connectivity index (χ1v) is 8.63. The Balaban J connectivity index is 1.73. The van der Waals surface area contributed by atoms with Crippen molar-refractivity contribution in [3.05, 3.63) is 64.4 Å². The van der Waals surface area contributed by atoms with E-state index in [1.807, 2.05) is 4.90 Å². The molecule has 1 aliphatic heterocycles. The van der Waals surface area contributed by atoms with E-state index < -0.39 is 11.7 Å². The molecule has 1 amide bonds. The number of halogens is 2. The molecule has 1 heterocycles. The predicted octanol–water partition coefficient (Wildman–Crippen LogP) is 4.54. The van der Waals surface area contributed by atoms with Gasteiger partial charge in [0.15, 0.2) is 0 Å². The van der Waals surface area contributed by atoms with E-state index in [1.54, 1.807) is 30.3 Å². The number of piperidine rings is 1. The first-order valence-electron chi connectivity index (χ1n) is 8.25. The van der Waals surface area contributed by atoms with E-state index in [9.17, 15) is 9.18 Å². The SMILES string of the molecule is N=C(c1ccc(C(=O)Nc2ccc(Cl)cc2)c(F)c1)N1CCCCC1. The molecule has 0 aliphatic carbocycles. The molecule has 6 heteroatoms. The summed E-state index contributed by atoms with van der Waals surface area (Å²) in [6.07, 6.45) is 3.26. The van der Waals surface area contributed by atoms with Gasteiger partial charge in [-0.25, -0.2) is 4.39 Å². The Kier molecular flexibility index (Phi) is 5.34. The average molecular weight is 360 g/mol. The molecule has 0 atom stereocenters. The second-order valence-electron chi connectivity index (χ2n) is 6.05. The largest absolute Gasteiger partial charge is 0.357 e. The third-order valence-corrected chi connectivity index (χ3v) is 4.51. The van der Waals surface area contributed by atoms with Gasteiger partial charge in [0.1, 0.15) is 11.7 Å². The van der Waals surface area contributed by atoms with Crippen molar-refractivity contribution in [1.82, 2.24) is 4.90 Å². The van der Waals surface area contributed by atoms with Crippen molar-refractivity contribution in [3.8, 4) is 0 Å². The number of carbonyl (C=O) groups excluding carboxylic acids is 1. The lowest BCUT2D eigenvalue weighted by molar-refractivity contribution is 0.102. The van der Waals surface area contributed by atoms with Crippen molar-refractivity contribution < 1.29 is 9.18 Å². The standard InChI is InChI=1S/C19H19ClFN3O/c20-14-5-7-15(8-6-14)23-19(25)16-9-4-13(12-17(16)21)18(22)24-10-2-1-3-11-24/h4-9,12,22H,1-3,10-11H2,(H,23,25). The van der Waals surface area contributed by atoms with Crippen LogP contribution in [-0.2, 0) is 0 Å². The highest BCUT2D eigenvalue weighted by Gasteiger charge is 2.18. The molecule has 25 heavy (non-hydrogen) atoms. The van der Waals surface area contributed by atoms with Crippen molar-refractivity contribution >= 4 is 29.0 Å². The van der Waals surface area contributed by atoms with Crippen LogP contribution in [0.2, 0.25) is 5.02 Å². The Labute approximate surface area is 151 Å². The maximum Gasteiger partial charge on any atom is 0.258 e. The minimum atomic E-state index is -0.634. The molecule has 2 N–H and O–H groups in total. The Morgan fingerprint density at radius 1 is 1.08 bits per heavy atom. The minimum Gasteiger partial charge on any atom is -0.357 e. The average Bonchev–Trinajstić information content (AvgIpc) is 2.63. The van der Waals surface area contributed by atoms with E-state index in [2.05, 4.69) is 5.32 Å². The molecular weight excluding hydrogens is 341 g/mol. The van der Waals surface area contributed by atoms with Crippen molar-refractivity contribution in [2.45, 2.75) is 19.3 Å². The topological polar surface area (TPSA) is 56.2 Å². The number of likely N-dealkylation sites (tertiary alicyclic amines) is 1. The summed E-state index contributed by atoms with van der Waals surface area (Å²) in [6.45, 7) is 1.64. The number of nitrogens with one attached hydrogen (secondary N) is 2. The highest BCUT2D eigenvalue weighted by Crippen LogP contribution is 2.18. The summed E-state index contributed by atoms with van der Waals surface area (Å²) in [5, 5.41) is 11.4. The van der Waals surface area contributed by atoms with Crippen LogP contribution in [0.5, 0.6) is 0 Å². The van der Waals surface area contributed by atoms with Crippen LogP contribution in [0.3, 0.4) is 0 Å². The van der Waals surface area contributed by atoms with Crippen LogP contribution in [0.15, 0.2) is 42.5 Å². The van der Waals surface area contributed by atoms with Crippen LogP contribution in [0.1, 0.15) is 35.2 Å². The Morgan fingerprint density at radius 2 is 1.76 bits per heavy atom. The molecule has 0 saturated carbocycles. The number of amides is 1. The lowest BCUT2D eigenvalue weighted by Crippen LogP contribution is -2.35. The number of anilines is 1. The summed E-state index contributed by atoms with van der Waals surface area (Å²) < 4.78 is 14.4. The molecule has 0 radical (unpaired) electrons. The summed E-state index contributed by atoms with van der Waals surface area (Å²) in [5.41, 5.74) is 0.978. The monoisotopic (exact) mass is 359 g/mol. The van der Waals surface area contributed by atoms with E-state index in [-0.39, 0.29) is 5.56 Å². The van der Waals surface area contributed by atoms with Gasteiger partial charge < -0.3 is 10.2 Å². The van der Waals surface area contributed by atoms with Crippen LogP contribution in [0.25, 0.3) is 0 Å². The molecule has 0 aromatic heterocycles. The fraction of sp³-hybridized carbons (Fsp3) is 0.263. The summed E-state index contributed by atoms with van der Waals surface area (Å²) >= 11 is 5.80. The third kappa shape index (κ3) is 4.17. The van der Waals surface area contributed by atoms with Crippen LogP contribution in [0.4, 0.5) is 10.1 Å². The molecule has 1 fully saturated rings. The van der Waals surface area contributed by atoms with E-state index in [0.717, 1.165) is 25.9 Å². The lowest BCUT2D eigenvalue weighted by atomic mass is 10.1. The van der Waals surface area contributed by atoms with Crippen LogP contribution >= 0.6 is 11.6 Å². The van der Waals surface area contributed by atoms with E-state index >= 15 is 0 Å². The molecule has 1 aliphatic rings. The number of nitrogens with zero attached hydrogens (tertiary/aromatic N) is 1. The normalized spacial score (nSPS) is 14.2. The van der Waals surface area contributed by atoms with Crippen LogP contribution in [-0.4, -0.2) is 29.7 Å². The van der Waals surface area contributed by atoms with Gasteiger partial charge >= 0.3 is 0 Å². The third-order valence-electron chi connectivity index (χ3n) is 4.26. The summed E-state index contributed by atoms with van der Waals surface area (Å²) in [5.74, 6) is -0.857. The van der Waals surface area contributed by atoms with Gasteiger partial charge in [-0.05, 0) is 55.7 Å². The van der Waals surface area contributed by atoms with Gasteiger partial charge in [0.25, 0.3) is 5.91 Å². The smallest absolute Gasteiger partial charge is 0.258 e. The second-order valence-corrected chi connectivity index (χ2v) is 6.49. The first kappa shape index (κ1) is 17.4. The van der Waals surface area contributed by atoms with Crippen molar-refractivity contribution in [2.24, 2.45) is 0 Å². The maximum atomic E-state index is 14.4. The van der Waals surface area contributed by atoms with E-state index in [4.69, 9.17) is 17.0 Å². The summed E-state index contributed by atoms with van der Waals surface area (Å²) in [4.78, 5) is 14.2. The van der Waals surface area contributed by atoms with Crippen LogP contribution in [0, 0.1) is 11.2 Å². The molecule has 0 unspecified atom stereocenters. The van der Waals surface area contributed by atoms with Gasteiger partial charge in [0.2, 0.25) is 0 Å². The van der Waals surface area contributed by atoms with E-state index in [0.29, 0.717) is 22.1 Å². The summed E-state index contributed by atoms with van der Waals surface area (Å²) in [6, 6.07) is 10.9. The minimum absolute atomic E-state index is 0.0508. The molecule has 2 aromatic carbocycles. The fourth-order valence-electron chi connectivity index (χ4n) is 2.88. The maximum absolute atomic E-state index is 14.4. The quantitative estimate of drug-likeness (QED) is 0.624. The highest BCUT2D eigenvalue weighted by molar-refractivity contribution is 6.30. The van der Waals surface area contributed by atoms with Gasteiger partial charge in [-0.3, -0.25) is 10.2 Å². The molecule has 4 nitrogen and oxygen atoms in total. The number of rotatable bonds is 3. The molecule has 3 rings (SSSR count). The van der Waals surface area contributed by atoms with Gasteiger partial charge in [-0.15, -0.1) is 0 Å². The van der Waals surface area contributed by atoms with Crippen LogP contribution < -0.4 is 5.32 Å². The van der Waals surface area contributed by atoms with Crippen molar-refractivity contribution in [1.29, 1.82) is 5.41 Å².